The Morgan fingerprint density at radius 2 is 1.93 bits per heavy atom. The second-order valence-electron chi connectivity index (χ2n) is 5.32. The summed E-state index contributed by atoms with van der Waals surface area (Å²) in [6.45, 7) is 0. The Hall–Kier alpha value is -2.98. The van der Waals surface area contributed by atoms with Crippen LogP contribution in [0.5, 0.6) is 0 Å². The number of nitro benzene ring substituents is 1. The Morgan fingerprint density at radius 1 is 1.21 bits per heavy atom. The molecule has 0 spiro atoms. The summed E-state index contributed by atoms with van der Waals surface area (Å²) >= 11 is 10.7. The Kier molecular flexibility index (Phi) is 6.71. The monoisotopic (exact) mass is 429 g/mol. The van der Waals surface area contributed by atoms with Crippen LogP contribution < -0.4 is 10.6 Å². The van der Waals surface area contributed by atoms with Crippen LogP contribution in [0.3, 0.4) is 0 Å². The van der Waals surface area contributed by atoms with Crippen LogP contribution in [0.15, 0.2) is 48.5 Å². The molecule has 0 saturated heterocycles. The predicted molar refractivity (Wildman–Crippen MR) is 103 cm³/mol. The van der Waals surface area contributed by atoms with Gasteiger partial charge in [0.1, 0.15) is 0 Å². The average molecular weight is 430 g/mol. The summed E-state index contributed by atoms with van der Waals surface area (Å²) in [5.41, 5.74) is -0.786. The third-order valence-electron chi connectivity index (χ3n) is 3.29. The molecule has 0 heterocycles. The fraction of sp³-hybridized carbons (Fsp3) is 0.0588. The maximum absolute atomic E-state index is 12.8. The molecule has 0 unspecified atom stereocenters. The van der Waals surface area contributed by atoms with E-state index in [4.69, 9.17) is 23.8 Å². The van der Waals surface area contributed by atoms with E-state index in [0.717, 1.165) is 24.3 Å². The molecule has 11 heteroatoms. The zero-order valence-electron chi connectivity index (χ0n) is 13.8. The van der Waals surface area contributed by atoms with Gasteiger partial charge in [0.25, 0.3) is 5.69 Å². The van der Waals surface area contributed by atoms with Crippen LogP contribution in [0.1, 0.15) is 11.1 Å². The van der Waals surface area contributed by atoms with E-state index in [0.29, 0.717) is 5.56 Å². The highest BCUT2D eigenvalue weighted by Crippen LogP contribution is 2.33. The van der Waals surface area contributed by atoms with E-state index < -0.39 is 22.6 Å². The van der Waals surface area contributed by atoms with Gasteiger partial charge in [-0.1, -0.05) is 23.7 Å². The molecule has 6 nitrogen and oxygen atoms in total. The van der Waals surface area contributed by atoms with Crippen molar-refractivity contribution in [2.24, 2.45) is 0 Å². The summed E-state index contributed by atoms with van der Waals surface area (Å²) in [5, 5.41) is 15.1. The number of nitro groups is 1. The van der Waals surface area contributed by atoms with Crippen molar-refractivity contribution in [2.45, 2.75) is 6.18 Å². The number of nitrogens with zero attached hydrogens (tertiary/aromatic N) is 1. The van der Waals surface area contributed by atoms with Gasteiger partial charge in [-0.15, -0.1) is 0 Å². The third-order valence-corrected chi connectivity index (χ3v) is 3.82. The molecule has 0 bridgehead atoms. The largest absolute Gasteiger partial charge is 0.416 e. The molecule has 2 rings (SSSR count). The van der Waals surface area contributed by atoms with Crippen molar-refractivity contribution in [1.82, 2.24) is 5.32 Å². The zero-order chi connectivity index (χ0) is 20.9. The first-order valence-electron chi connectivity index (χ1n) is 7.47. The molecule has 0 aliphatic carbocycles. The summed E-state index contributed by atoms with van der Waals surface area (Å²) in [4.78, 5) is 22.0. The Morgan fingerprint density at radius 3 is 2.57 bits per heavy atom. The SMILES string of the molecule is O=C(C=Cc1cccc([N+](=O)[O-])c1)NC(=S)Nc1cc(C(F)(F)F)ccc1Cl. The average Bonchev–Trinajstić information content (AvgIpc) is 2.61. The highest BCUT2D eigenvalue weighted by atomic mass is 35.5. The van der Waals surface area contributed by atoms with Gasteiger partial charge >= 0.3 is 6.18 Å². The minimum Gasteiger partial charge on any atom is -0.331 e. The van der Waals surface area contributed by atoms with Crippen molar-refractivity contribution in [3.63, 3.8) is 0 Å². The fourth-order valence-electron chi connectivity index (χ4n) is 2.02. The van der Waals surface area contributed by atoms with E-state index in [-0.39, 0.29) is 21.5 Å². The van der Waals surface area contributed by atoms with Gasteiger partial charge in [0, 0.05) is 18.2 Å². The lowest BCUT2D eigenvalue weighted by atomic mass is 10.2. The molecular formula is C17H11ClF3N3O3S. The van der Waals surface area contributed by atoms with Gasteiger partial charge in [-0.05, 0) is 42.1 Å². The molecule has 0 aliphatic heterocycles. The van der Waals surface area contributed by atoms with Crippen LogP contribution in [0, 0.1) is 10.1 Å². The minimum atomic E-state index is -4.56. The van der Waals surface area contributed by atoms with Crippen molar-refractivity contribution in [3.05, 3.63) is 74.8 Å². The van der Waals surface area contributed by atoms with Gasteiger partial charge in [0.15, 0.2) is 5.11 Å². The molecule has 0 saturated carbocycles. The first kappa shape index (κ1) is 21.3. The molecule has 0 aliphatic rings. The first-order valence-corrected chi connectivity index (χ1v) is 8.26. The lowest BCUT2D eigenvalue weighted by Gasteiger charge is -2.13. The van der Waals surface area contributed by atoms with Gasteiger partial charge in [-0.25, -0.2) is 0 Å². The van der Waals surface area contributed by atoms with E-state index >= 15 is 0 Å². The number of carbonyl (C=O) groups excluding carboxylic acids is 1. The summed E-state index contributed by atoms with van der Waals surface area (Å²) < 4.78 is 38.3. The van der Waals surface area contributed by atoms with Crippen LogP contribution in [-0.2, 0) is 11.0 Å². The first-order chi connectivity index (χ1) is 13.1. The van der Waals surface area contributed by atoms with Crippen molar-refractivity contribution < 1.29 is 22.9 Å². The Bertz CT molecular complexity index is 964. The smallest absolute Gasteiger partial charge is 0.331 e. The summed E-state index contributed by atoms with van der Waals surface area (Å²) in [6.07, 6.45) is -2.17. The molecule has 0 atom stereocenters. The van der Waals surface area contributed by atoms with Crippen LogP contribution in [0.25, 0.3) is 6.08 Å². The molecule has 0 aromatic heterocycles. The topological polar surface area (TPSA) is 84.3 Å². The predicted octanol–water partition coefficient (Wildman–Crippen LogP) is 4.79. The van der Waals surface area contributed by atoms with E-state index in [1.165, 1.54) is 24.3 Å². The van der Waals surface area contributed by atoms with Gasteiger partial charge in [0.05, 0.1) is 21.2 Å². The lowest BCUT2D eigenvalue weighted by molar-refractivity contribution is -0.384. The number of non-ortho nitro benzene ring substituents is 1. The van der Waals surface area contributed by atoms with Gasteiger partial charge in [-0.2, -0.15) is 13.2 Å². The van der Waals surface area contributed by atoms with Crippen molar-refractivity contribution in [3.8, 4) is 0 Å². The quantitative estimate of drug-likeness (QED) is 0.316. The molecule has 1 amide bonds. The summed E-state index contributed by atoms with van der Waals surface area (Å²) in [6, 6.07) is 8.21. The highest BCUT2D eigenvalue weighted by molar-refractivity contribution is 7.80. The molecule has 0 radical (unpaired) electrons. The molecular weight excluding hydrogens is 419 g/mol. The van der Waals surface area contributed by atoms with Gasteiger partial charge < -0.3 is 5.32 Å². The number of nitrogens with one attached hydrogen (secondary N) is 2. The molecule has 0 fully saturated rings. The van der Waals surface area contributed by atoms with Gasteiger partial charge in [0.2, 0.25) is 5.91 Å². The minimum absolute atomic E-state index is 0.0169. The lowest BCUT2D eigenvalue weighted by Crippen LogP contribution is -2.33. The van der Waals surface area contributed by atoms with Crippen LogP contribution in [0.2, 0.25) is 5.02 Å². The molecule has 2 aromatic rings. The molecule has 146 valence electrons. The second-order valence-corrected chi connectivity index (χ2v) is 6.14. The third kappa shape index (κ3) is 6.03. The Labute approximate surface area is 167 Å². The van der Waals surface area contributed by atoms with E-state index in [1.54, 1.807) is 6.07 Å². The zero-order valence-corrected chi connectivity index (χ0v) is 15.4. The van der Waals surface area contributed by atoms with Crippen LogP contribution >= 0.6 is 23.8 Å². The van der Waals surface area contributed by atoms with E-state index in [1.807, 2.05) is 0 Å². The maximum atomic E-state index is 12.8. The number of hydrogen-bond acceptors (Lipinski definition) is 4. The molecule has 28 heavy (non-hydrogen) atoms. The number of rotatable bonds is 4. The van der Waals surface area contributed by atoms with Gasteiger partial charge in [-0.3, -0.25) is 20.2 Å². The van der Waals surface area contributed by atoms with Crippen molar-refractivity contribution >= 4 is 52.3 Å². The number of halogens is 4. The number of amides is 1. The standard InChI is InChI=1S/C17H11ClF3N3O3S/c18-13-6-5-11(17(19,20)21)9-14(13)22-16(28)23-15(25)7-4-10-2-1-3-12(8-10)24(26)27/h1-9H,(H2,22,23,25,28). The van der Waals surface area contributed by atoms with E-state index in [2.05, 4.69) is 10.6 Å². The number of hydrogen-bond donors (Lipinski definition) is 2. The number of alkyl halides is 3. The normalized spacial score (nSPS) is 11.3. The van der Waals surface area contributed by atoms with Crippen LogP contribution in [0.4, 0.5) is 24.5 Å². The highest BCUT2D eigenvalue weighted by Gasteiger charge is 2.31. The second kappa shape index (κ2) is 8.81. The maximum Gasteiger partial charge on any atom is 0.416 e. The number of benzene rings is 2. The van der Waals surface area contributed by atoms with E-state index in [9.17, 15) is 28.1 Å². The van der Waals surface area contributed by atoms with Crippen molar-refractivity contribution in [2.75, 3.05) is 5.32 Å². The summed E-state index contributed by atoms with van der Waals surface area (Å²) in [7, 11) is 0. The number of carbonyl (C=O) groups is 1. The fourth-order valence-corrected chi connectivity index (χ4v) is 2.39. The van der Waals surface area contributed by atoms with Crippen LogP contribution in [-0.4, -0.2) is 15.9 Å². The summed E-state index contributed by atoms with van der Waals surface area (Å²) in [5.74, 6) is -0.688. The number of thiocarbonyl (C=S) groups is 1. The molecule has 2 aromatic carbocycles. The van der Waals surface area contributed by atoms with Crippen molar-refractivity contribution in [1.29, 1.82) is 0 Å². The Balaban J connectivity index is 2.02. The number of anilines is 1. The molecule has 2 N–H and O–H groups in total.